The van der Waals surface area contributed by atoms with E-state index in [1.54, 1.807) is 11.8 Å². The summed E-state index contributed by atoms with van der Waals surface area (Å²) < 4.78 is 0. The molecule has 0 rings (SSSR count). The molecule has 0 aromatic rings. The van der Waals surface area contributed by atoms with Crippen molar-refractivity contribution in [3.8, 4) is 0 Å². The molecule has 0 atom stereocenters. The number of ketones is 1. The van der Waals surface area contributed by atoms with Gasteiger partial charge in [0.25, 0.3) is 0 Å². The normalized spacial score (nSPS) is 8.87. The Morgan fingerprint density at radius 1 is 1.13 bits per heavy atom. The summed E-state index contributed by atoms with van der Waals surface area (Å²) in [5.74, 6) is 0.367. The van der Waals surface area contributed by atoms with Gasteiger partial charge in [-0.25, -0.2) is 0 Å². The van der Waals surface area contributed by atoms with Crippen molar-refractivity contribution in [2.24, 2.45) is 0 Å². The molecule has 0 spiro atoms. The molecule has 0 heterocycles. The second-order valence-electron chi connectivity index (χ2n) is 3.13. The molecule has 3 nitrogen and oxygen atoms in total. The Morgan fingerprint density at radius 2 is 1.67 bits per heavy atom. The fourth-order valence-electron chi connectivity index (χ4n) is 1.20. The zero-order valence-corrected chi connectivity index (χ0v) is 10.8. The lowest BCUT2D eigenvalue weighted by Crippen LogP contribution is -2.31. The predicted molar refractivity (Wildman–Crippen MR) is 63.8 cm³/mol. The molecule has 0 aliphatic heterocycles. The lowest BCUT2D eigenvalue weighted by atomic mass is 10.2. The Hall–Kier alpha value is -0.860. The van der Waals surface area contributed by atoms with E-state index in [-0.39, 0.29) is 11.7 Å². The van der Waals surface area contributed by atoms with Crippen LogP contribution in [0.2, 0.25) is 0 Å². The maximum atomic E-state index is 11.3. The second kappa shape index (κ2) is 11.2. The first kappa shape index (κ1) is 16.6. The highest BCUT2D eigenvalue weighted by molar-refractivity contribution is 5.76. The summed E-state index contributed by atoms with van der Waals surface area (Å²) in [4.78, 5) is 23.7. The summed E-state index contributed by atoms with van der Waals surface area (Å²) in [6.07, 6.45) is 1.91. The molecule has 0 bridgehead atoms. The number of amides is 1. The van der Waals surface area contributed by atoms with Crippen LogP contribution in [0, 0.1) is 0 Å². The number of hydrogen-bond donors (Lipinski definition) is 0. The second-order valence-corrected chi connectivity index (χ2v) is 3.13. The number of rotatable bonds is 6. The summed E-state index contributed by atoms with van der Waals surface area (Å²) in [6.45, 7) is 10.8. The molecule has 0 aliphatic carbocycles. The van der Waals surface area contributed by atoms with E-state index < -0.39 is 0 Å². The molecular weight excluding hydrogens is 190 g/mol. The van der Waals surface area contributed by atoms with Crippen LogP contribution in [-0.2, 0) is 9.59 Å². The molecule has 0 aliphatic rings. The van der Waals surface area contributed by atoms with Gasteiger partial charge in [0.15, 0.2) is 0 Å². The van der Waals surface area contributed by atoms with Crippen LogP contribution >= 0.6 is 0 Å². The SMILES string of the molecule is CC.CCC(=O)N(CC)CCCC(C)=O. The third kappa shape index (κ3) is 9.44. The highest BCUT2D eigenvalue weighted by atomic mass is 16.2. The van der Waals surface area contributed by atoms with Crippen LogP contribution < -0.4 is 0 Å². The van der Waals surface area contributed by atoms with Crippen molar-refractivity contribution in [1.82, 2.24) is 4.90 Å². The standard InChI is InChI=1S/C10H19NO2.C2H6/c1-4-10(13)11(5-2)8-6-7-9(3)12;1-2/h4-8H2,1-3H3;1-2H3. The van der Waals surface area contributed by atoms with Gasteiger partial charge in [-0.1, -0.05) is 20.8 Å². The molecule has 0 unspecified atom stereocenters. The van der Waals surface area contributed by atoms with Crippen LogP contribution in [0.15, 0.2) is 0 Å². The molecule has 15 heavy (non-hydrogen) atoms. The minimum absolute atomic E-state index is 0.172. The first-order valence-corrected chi connectivity index (χ1v) is 5.89. The van der Waals surface area contributed by atoms with Gasteiger partial charge >= 0.3 is 0 Å². The van der Waals surface area contributed by atoms with Gasteiger partial charge in [0, 0.05) is 25.9 Å². The highest BCUT2D eigenvalue weighted by Crippen LogP contribution is 1.98. The molecule has 90 valence electrons. The molecule has 0 saturated heterocycles. The average molecular weight is 215 g/mol. The quantitative estimate of drug-likeness (QED) is 0.683. The molecule has 3 heteroatoms. The third-order valence-corrected chi connectivity index (χ3v) is 1.99. The van der Waals surface area contributed by atoms with Gasteiger partial charge in [0.1, 0.15) is 5.78 Å². The lowest BCUT2D eigenvalue weighted by molar-refractivity contribution is -0.131. The number of carbonyl (C=O) groups is 2. The molecule has 0 aromatic carbocycles. The zero-order valence-electron chi connectivity index (χ0n) is 10.8. The predicted octanol–water partition coefficient (Wildman–Crippen LogP) is 2.64. The molecule has 0 aromatic heterocycles. The van der Waals surface area contributed by atoms with Gasteiger partial charge in [-0.3, -0.25) is 4.79 Å². The summed E-state index contributed by atoms with van der Waals surface area (Å²) >= 11 is 0. The van der Waals surface area contributed by atoms with Gasteiger partial charge in [-0.2, -0.15) is 0 Å². The molecule has 0 saturated carbocycles. The van der Waals surface area contributed by atoms with E-state index in [0.717, 1.165) is 13.0 Å². The van der Waals surface area contributed by atoms with Crippen LogP contribution in [0.4, 0.5) is 0 Å². The zero-order chi connectivity index (χ0) is 12.3. The van der Waals surface area contributed by atoms with E-state index >= 15 is 0 Å². The Bertz CT molecular complexity index is 178. The molecular formula is C12H25NO2. The molecule has 0 fully saturated rings. The molecule has 1 amide bonds. The Kier molecular flexibility index (Phi) is 12.4. The Labute approximate surface area is 93.8 Å². The Morgan fingerprint density at radius 3 is 2.00 bits per heavy atom. The van der Waals surface area contributed by atoms with E-state index in [4.69, 9.17) is 0 Å². The maximum Gasteiger partial charge on any atom is 0.222 e. The van der Waals surface area contributed by atoms with Crippen molar-refractivity contribution < 1.29 is 9.59 Å². The van der Waals surface area contributed by atoms with Crippen molar-refractivity contribution in [2.45, 2.75) is 53.9 Å². The van der Waals surface area contributed by atoms with E-state index in [9.17, 15) is 9.59 Å². The third-order valence-electron chi connectivity index (χ3n) is 1.99. The average Bonchev–Trinajstić information content (AvgIpc) is 2.26. The minimum atomic E-state index is 0.172. The summed E-state index contributed by atoms with van der Waals surface area (Å²) in [6, 6.07) is 0. The van der Waals surface area contributed by atoms with Crippen LogP contribution in [-0.4, -0.2) is 29.7 Å². The maximum absolute atomic E-state index is 11.3. The van der Waals surface area contributed by atoms with Crippen molar-refractivity contribution in [3.63, 3.8) is 0 Å². The van der Waals surface area contributed by atoms with Crippen molar-refractivity contribution in [1.29, 1.82) is 0 Å². The number of nitrogens with zero attached hydrogens (tertiary/aromatic N) is 1. The Balaban J connectivity index is 0. The summed E-state index contributed by atoms with van der Waals surface area (Å²) in [7, 11) is 0. The monoisotopic (exact) mass is 215 g/mol. The van der Waals surface area contributed by atoms with Crippen LogP contribution in [0.1, 0.15) is 53.9 Å². The number of Topliss-reactive ketones (excluding diaryl/α,β-unsaturated/α-hetero) is 1. The molecule has 0 radical (unpaired) electrons. The van der Waals surface area contributed by atoms with Gasteiger partial charge in [0.2, 0.25) is 5.91 Å². The number of hydrogen-bond acceptors (Lipinski definition) is 2. The number of carbonyl (C=O) groups excluding carboxylic acids is 2. The first-order valence-electron chi connectivity index (χ1n) is 5.89. The van der Waals surface area contributed by atoms with E-state index in [2.05, 4.69) is 0 Å². The molecule has 0 N–H and O–H groups in total. The van der Waals surface area contributed by atoms with Crippen LogP contribution in [0.3, 0.4) is 0 Å². The van der Waals surface area contributed by atoms with Crippen molar-refractivity contribution in [2.75, 3.05) is 13.1 Å². The van der Waals surface area contributed by atoms with Crippen molar-refractivity contribution >= 4 is 11.7 Å². The first-order chi connectivity index (χ1) is 7.11. The smallest absolute Gasteiger partial charge is 0.222 e. The summed E-state index contributed by atoms with van der Waals surface area (Å²) in [5, 5.41) is 0. The fourth-order valence-corrected chi connectivity index (χ4v) is 1.20. The van der Waals surface area contributed by atoms with Gasteiger partial charge < -0.3 is 9.69 Å². The van der Waals surface area contributed by atoms with E-state index in [1.807, 2.05) is 27.7 Å². The van der Waals surface area contributed by atoms with Crippen LogP contribution in [0.5, 0.6) is 0 Å². The van der Waals surface area contributed by atoms with E-state index in [0.29, 0.717) is 19.4 Å². The lowest BCUT2D eigenvalue weighted by Gasteiger charge is -2.19. The highest BCUT2D eigenvalue weighted by Gasteiger charge is 2.08. The van der Waals surface area contributed by atoms with Crippen molar-refractivity contribution in [3.05, 3.63) is 0 Å². The fraction of sp³-hybridized carbons (Fsp3) is 0.833. The van der Waals surface area contributed by atoms with Gasteiger partial charge in [-0.15, -0.1) is 0 Å². The van der Waals surface area contributed by atoms with E-state index in [1.165, 1.54) is 0 Å². The van der Waals surface area contributed by atoms with Crippen LogP contribution in [0.25, 0.3) is 0 Å². The topological polar surface area (TPSA) is 37.4 Å². The van der Waals surface area contributed by atoms with Gasteiger partial charge in [-0.05, 0) is 20.3 Å². The summed E-state index contributed by atoms with van der Waals surface area (Å²) in [5.41, 5.74) is 0. The minimum Gasteiger partial charge on any atom is -0.343 e. The largest absolute Gasteiger partial charge is 0.343 e. The van der Waals surface area contributed by atoms with Gasteiger partial charge in [0.05, 0.1) is 0 Å².